The number of hydrogen-bond acceptors (Lipinski definition) is 3. The van der Waals surface area contributed by atoms with Crippen LogP contribution in [0.5, 0.6) is 0 Å². The molecular formula is C16H24ClNOS. The normalized spacial score (nSPS) is 27.6. The van der Waals surface area contributed by atoms with Crippen molar-refractivity contribution in [2.75, 3.05) is 19.6 Å². The molecule has 1 aliphatic carbocycles. The van der Waals surface area contributed by atoms with E-state index in [4.69, 9.17) is 0 Å². The molecule has 0 spiro atoms. The van der Waals surface area contributed by atoms with Crippen molar-refractivity contribution in [2.24, 2.45) is 17.8 Å². The van der Waals surface area contributed by atoms with Gasteiger partial charge in [0, 0.05) is 25.6 Å². The number of hydrogen-bond donors (Lipinski definition) is 0. The Hall–Kier alpha value is -0.380. The molecule has 0 amide bonds. The number of carbonyl (C=O) groups is 1. The van der Waals surface area contributed by atoms with Crippen LogP contribution in [0.1, 0.15) is 42.3 Å². The summed E-state index contributed by atoms with van der Waals surface area (Å²) in [4.78, 5) is 15.8. The summed E-state index contributed by atoms with van der Waals surface area (Å²) < 4.78 is 0. The molecule has 1 saturated carbocycles. The van der Waals surface area contributed by atoms with Gasteiger partial charge in [0.05, 0.1) is 4.88 Å². The zero-order valence-electron chi connectivity index (χ0n) is 12.1. The second kappa shape index (κ2) is 7.06. The van der Waals surface area contributed by atoms with Crippen LogP contribution in [0.2, 0.25) is 0 Å². The minimum absolute atomic E-state index is 0. The van der Waals surface area contributed by atoms with Crippen LogP contribution in [0.3, 0.4) is 0 Å². The first-order valence-corrected chi connectivity index (χ1v) is 8.40. The van der Waals surface area contributed by atoms with E-state index in [1.165, 1.54) is 38.8 Å². The SMILES string of the molecule is CC(CN1CC2CCC(CC2)C1)C(=O)c1cccs1.Cl. The standard InChI is InChI=1S/C16H23NOS.ClH/c1-12(16(18)15-3-2-8-19-15)9-17-10-13-4-5-14(11-17)7-6-13;/h2-3,8,12-14H,4-7,9-11H2,1H3;1H. The predicted octanol–water partition coefficient (Wildman–Crippen LogP) is 4.11. The Morgan fingerprint density at radius 1 is 1.30 bits per heavy atom. The molecule has 1 atom stereocenters. The highest BCUT2D eigenvalue weighted by atomic mass is 35.5. The molecule has 1 unspecified atom stereocenters. The summed E-state index contributed by atoms with van der Waals surface area (Å²) in [5.74, 6) is 2.24. The van der Waals surface area contributed by atoms with Gasteiger partial charge in [0.2, 0.25) is 0 Å². The quantitative estimate of drug-likeness (QED) is 0.780. The molecule has 4 heteroatoms. The summed E-state index contributed by atoms with van der Waals surface area (Å²) in [6, 6.07) is 3.92. The summed E-state index contributed by atoms with van der Waals surface area (Å²) in [5, 5.41) is 1.99. The van der Waals surface area contributed by atoms with Gasteiger partial charge in [0.25, 0.3) is 0 Å². The molecule has 3 heterocycles. The number of thiophene rings is 1. The van der Waals surface area contributed by atoms with Gasteiger partial charge < -0.3 is 4.90 Å². The second-order valence-corrected chi connectivity index (χ2v) is 7.30. The molecule has 112 valence electrons. The molecular weight excluding hydrogens is 290 g/mol. The molecule has 1 aromatic rings. The number of ketones is 1. The number of nitrogens with zero attached hydrogens (tertiary/aromatic N) is 1. The average Bonchev–Trinajstić information content (AvgIpc) is 2.80. The lowest BCUT2D eigenvalue weighted by Gasteiger charge is -2.25. The van der Waals surface area contributed by atoms with Crippen molar-refractivity contribution in [3.63, 3.8) is 0 Å². The Kier molecular flexibility index (Phi) is 5.65. The van der Waals surface area contributed by atoms with Crippen LogP contribution >= 0.6 is 23.7 Å². The summed E-state index contributed by atoms with van der Waals surface area (Å²) in [5.41, 5.74) is 0. The Morgan fingerprint density at radius 3 is 2.40 bits per heavy atom. The van der Waals surface area contributed by atoms with Crippen LogP contribution in [0.25, 0.3) is 0 Å². The molecule has 2 bridgehead atoms. The molecule has 2 aliphatic heterocycles. The van der Waals surface area contributed by atoms with Crippen molar-refractivity contribution in [3.05, 3.63) is 22.4 Å². The minimum Gasteiger partial charge on any atom is -0.302 e. The third-order valence-electron chi connectivity index (χ3n) is 4.74. The summed E-state index contributed by atoms with van der Waals surface area (Å²) in [6.45, 7) is 5.48. The molecule has 0 radical (unpaired) electrons. The van der Waals surface area contributed by atoms with Crippen LogP contribution in [-0.2, 0) is 0 Å². The largest absolute Gasteiger partial charge is 0.302 e. The topological polar surface area (TPSA) is 20.3 Å². The van der Waals surface area contributed by atoms with E-state index in [9.17, 15) is 4.79 Å². The molecule has 3 aliphatic rings. The smallest absolute Gasteiger partial charge is 0.176 e. The van der Waals surface area contributed by atoms with Crippen LogP contribution in [0, 0.1) is 17.8 Å². The van der Waals surface area contributed by atoms with E-state index in [0.717, 1.165) is 23.3 Å². The highest BCUT2D eigenvalue weighted by Gasteiger charge is 2.30. The van der Waals surface area contributed by atoms with Crippen molar-refractivity contribution < 1.29 is 4.79 Å². The lowest BCUT2D eigenvalue weighted by Crippen LogP contribution is -2.35. The molecule has 0 aromatic carbocycles. The van der Waals surface area contributed by atoms with E-state index < -0.39 is 0 Å². The van der Waals surface area contributed by atoms with Crippen LogP contribution in [0.15, 0.2) is 17.5 Å². The monoisotopic (exact) mass is 313 g/mol. The zero-order chi connectivity index (χ0) is 13.2. The van der Waals surface area contributed by atoms with Gasteiger partial charge in [-0.2, -0.15) is 0 Å². The van der Waals surface area contributed by atoms with Crippen molar-refractivity contribution in [3.8, 4) is 0 Å². The minimum atomic E-state index is 0. The lowest BCUT2D eigenvalue weighted by atomic mass is 9.84. The number of Topliss-reactive ketones (excluding diaryl/α,β-unsaturated/α-hetero) is 1. The number of halogens is 1. The van der Waals surface area contributed by atoms with Crippen LogP contribution < -0.4 is 0 Å². The third kappa shape index (κ3) is 3.63. The number of fused-ring (bicyclic) bond motifs is 4. The Morgan fingerprint density at radius 2 is 1.90 bits per heavy atom. The first kappa shape index (κ1) is 16.0. The van der Waals surface area contributed by atoms with E-state index in [0.29, 0.717) is 5.78 Å². The molecule has 2 saturated heterocycles. The Bertz CT molecular complexity index is 412. The van der Waals surface area contributed by atoms with E-state index in [1.54, 1.807) is 11.3 Å². The molecule has 0 N–H and O–H groups in total. The summed E-state index contributed by atoms with van der Waals surface area (Å²) in [7, 11) is 0. The summed E-state index contributed by atoms with van der Waals surface area (Å²) in [6.07, 6.45) is 5.64. The van der Waals surface area contributed by atoms with Crippen molar-refractivity contribution in [1.29, 1.82) is 0 Å². The highest BCUT2D eigenvalue weighted by Crippen LogP contribution is 2.34. The fourth-order valence-corrected chi connectivity index (χ4v) is 4.46. The molecule has 2 nitrogen and oxygen atoms in total. The zero-order valence-corrected chi connectivity index (χ0v) is 13.7. The van der Waals surface area contributed by atoms with Gasteiger partial charge >= 0.3 is 0 Å². The first-order chi connectivity index (χ1) is 9.22. The maximum absolute atomic E-state index is 12.3. The molecule has 1 aromatic heterocycles. The highest BCUT2D eigenvalue weighted by molar-refractivity contribution is 7.12. The Labute approximate surface area is 132 Å². The second-order valence-electron chi connectivity index (χ2n) is 6.35. The summed E-state index contributed by atoms with van der Waals surface area (Å²) >= 11 is 1.57. The van der Waals surface area contributed by atoms with Crippen molar-refractivity contribution >= 4 is 29.5 Å². The van der Waals surface area contributed by atoms with Gasteiger partial charge in [-0.05, 0) is 49.0 Å². The van der Waals surface area contributed by atoms with E-state index in [2.05, 4.69) is 11.8 Å². The van der Waals surface area contributed by atoms with Crippen LogP contribution in [-0.4, -0.2) is 30.3 Å². The van der Waals surface area contributed by atoms with Gasteiger partial charge in [-0.15, -0.1) is 23.7 Å². The fourth-order valence-electron chi connectivity index (χ4n) is 3.68. The van der Waals surface area contributed by atoms with E-state index in [1.807, 2.05) is 17.5 Å². The van der Waals surface area contributed by atoms with Gasteiger partial charge in [-0.25, -0.2) is 0 Å². The van der Waals surface area contributed by atoms with Crippen molar-refractivity contribution in [2.45, 2.75) is 32.6 Å². The first-order valence-electron chi connectivity index (χ1n) is 7.52. The average molecular weight is 314 g/mol. The maximum atomic E-state index is 12.3. The predicted molar refractivity (Wildman–Crippen MR) is 86.9 cm³/mol. The van der Waals surface area contributed by atoms with Gasteiger partial charge in [0.1, 0.15) is 0 Å². The van der Waals surface area contributed by atoms with Gasteiger partial charge in [0.15, 0.2) is 5.78 Å². The fraction of sp³-hybridized carbons (Fsp3) is 0.688. The van der Waals surface area contributed by atoms with Gasteiger partial charge in [-0.1, -0.05) is 13.0 Å². The maximum Gasteiger partial charge on any atom is 0.176 e. The molecule has 4 rings (SSSR count). The lowest BCUT2D eigenvalue weighted by molar-refractivity contribution is 0.0893. The van der Waals surface area contributed by atoms with Crippen molar-refractivity contribution in [1.82, 2.24) is 4.90 Å². The van der Waals surface area contributed by atoms with Crippen LogP contribution in [0.4, 0.5) is 0 Å². The Balaban J connectivity index is 0.00000147. The third-order valence-corrected chi connectivity index (χ3v) is 5.63. The number of carbonyl (C=O) groups excluding carboxylic acids is 1. The molecule has 3 fully saturated rings. The molecule has 20 heavy (non-hydrogen) atoms. The van der Waals surface area contributed by atoms with Gasteiger partial charge in [-0.3, -0.25) is 4.79 Å². The number of rotatable bonds is 4. The van der Waals surface area contributed by atoms with E-state index >= 15 is 0 Å². The van der Waals surface area contributed by atoms with E-state index in [-0.39, 0.29) is 18.3 Å².